The van der Waals surface area contributed by atoms with Crippen LogP contribution in [0.15, 0.2) is 60.7 Å². The Bertz CT molecular complexity index is 665. The second-order valence-electron chi connectivity index (χ2n) is 6.47. The number of benzene rings is 2. The zero-order chi connectivity index (χ0) is 19.1. The van der Waals surface area contributed by atoms with Crippen molar-refractivity contribution >= 4 is 0 Å². The van der Waals surface area contributed by atoms with E-state index >= 15 is 0 Å². The van der Waals surface area contributed by atoms with Gasteiger partial charge in [0, 0.05) is 7.11 Å². The molecule has 1 heterocycles. The van der Waals surface area contributed by atoms with Crippen LogP contribution in [0.4, 0.5) is 0 Å². The first-order valence-electron chi connectivity index (χ1n) is 9.01. The van der Waals surface area contributed by atoms with Gasteiger partial charge in [-0.25, -0.2) is 0 Å². The molecular formula is C21H26O6. The lowest BCUT2D eigenvalue weighted by Gasteiger charge is -2.43. The molecular weight excluding hydrogens is 348 g/mol. The predicted octanol–water partition coefficient (Wildman–Crippen LogP) is 1.88. The molecule has 0 bridgehead atoms. The van der Waals surface area contributed by atoms with Gasteiger partial charge in [0.25, 0.3) is 0 Å². The van der Waals surface area contributed by atoms with Gasteiger partial charge in [-0.1, -0.05) is 60.7 Å². The monoisotopic (exact) mass is 374 g/mol. The second-order valence-corrected chi connectivity index (χ2v) is 6.47. The van der Waals surface area contributed by atoms with Gasteiger partial charge in [-0.05, 0) is 11.1 Å². The Morgan fingerprint density at radius 3 is 1.85 bits per heavy atom. The molecule has 146 valence electrons. The van der Waals surface area contributed by atoms with Crippen LogP contribution in [0.5, 0.6) is 0 Å². The highest BCUT2D eigenvalue weighted by molar-refractivity contribution is 5.14. The summed E-state index contributed by atoms with van der Waals surface area (Å²) in [6.07, 6.45) is -3.94. The van der Waals surface area contributed by atoms with Gasteiger partial charge in [0.1, 0.15) is 24.4 Å². The van der Waals surface area contributed by atoms with Crippen LogP contribution in [0.2, 0.25) is 0 Å². The average molecular weight is 374 g/mol. The predicted molar refractivity (Wildman–Crippen MR) is 98.8 cm³/mol. The first-order valence-corrected chi connectivity index (χ1v) is 9.01. The van der Waals surface area contributed by atoms with Crippen molar-refractivity contribution in [2.75, 3.05) is 13.7 Å². The van der Waals surface area contributed by atoms with Crippen LogP contribution >= 0.6 is 0 Å². The number of rotatable bonds is 8. The summed E-state index contributed by atoms with van der Waals surface area (Å²) >= 11 is 0. The molecule has 0 aromatic heterocycles. The molecule has 2 aromatic rings. The van der Waals surface area contributed by atoms with Gasteiger partial charge in [0.15, 0.2) is 6.29 Å². The molecule has 27 heavy (non-hydrogen) atoms. The van der Waals surface area contributed by atoms with Crippen LogP contribution in [0.3, 0.4) is 0 Å². The molecule has 1 aliphatic heterocycles. The number of methoxy groups -OCH3 is 1. The fraction of sp³-hybridized carbons (Fsp3) is 0.429. The first-order chi connectivity index (χ1) is 13.2. The van der Waals surface area contributed by atoms with Crippen molar-refractivity contribution in [1.82, 2.24) is 0 Å². The summed E-state index contributed by atoms with van der Waals surface area (Å²) in [7, 11) is 1.50. The fourth-order valence-electron chi connectivity index (χ4n) is 3.13. The Labute approximate surface area is 159 Å². The van der Waals surface area contributed by atoms with E-state index in [9.17, 15) is 10.2 Å². The molecule has 0 amide bonds. The number of aliphatic hydroxyl groups excluding tert-OH is 2. The lowest BCUT2D eigenvalue weighted by atomic mass is 9.98. The number of aliphatic hydroxyl groups is 2. The van der Waals surface area contributed by atoms with E-state index in [-0.39, 0.29) is 6.61 Å². The highest BCUT2D eigenvalue weighted by Gasteiger charge is 2.46. The largest absolute Gasteiger partial charge is 0.394 e. The van der Waals surface area contributed by atoms with Crippen molar-refractivity contribution in [3.05, 3.63) is 71.8 Å². The van der Waals surface area contributed by atoms with E-state index in [0.717, 1.165) is 11.1 Å². The Hall–Kier alpha value is -1.80. The maximum absolute atomic E-state index is 10.6. The van der Waals surface area contributed by atoms with Crippen LogP contribution in [0.1, 0.15) is 11.1 Å². The van der Waals surface area contributed by atoms with E-state index in [1.807, 2.05) is 60.7 Å². The lowest BCUT2D eigenvalue weighted by Crippen LogP contribution is -2.60. The van der Waals surface area contributed by atoms with Crippen molar-refractivity contribution in [1.29, 1.82) is 0 Å². The molecule has 3 rings (SSSR count). The summed E-state index contributed by atoms with van der Waals surface area (Å²) in [4.78, 5) is 0. The molecule has 0 radical (unpaired) electrons. The maximum Gasteiger partial charge on any atom is 0.186 e. The van der Waals surface area contributed by atoms with Crippen molar-refractivity contribution in [3.8, 4) is 0 Å². The molecule has 0 unspecified atom stereocenters. The minimum absolute atomic E-state index is 0.308. The lowest BCUT2D eigenvalue weighted by molar-refractivity contribution is -0.314. The molecule has 0 saturated carbocycles. The number of hydrogen-bond donors (Lipinski definition) is 2. The van der Waals surface area contributed by atoms with Gasteiger partial charge in [0.2, 0.25) is 0 Å². The van der Waals surface area contributed by atoms with Gasteiger partial charge < -0.3 is 29.2 Å². The summed E-state index contributed by atoms with van der Waals surface area (Å²) in [6.45, 7) is 0.302. The van der Waals surface area contributed by atoms with Crippen LogP contribution in [-0.2, 0) is 32.2 Å². The summed E-state index contributed by atoms with van der Waals surface area (Å²) in [5.41, 5.74) is 1.97. The van der Waals surface area contributed by atoms with Gasteiger partial charge in [0.05, 0.1) is 19.8 Å². The summed E-state index contributed by atoms with van der Waals surface area (Å²) in [5, 5.41) is 20.2. The first kappa shape index (κ1) is 19.9. The third kappa shape index (κ3) is 5.13. The average Bonchev–Trinajstić information content (AvgIpc) is 2.73. The van der Waals surface area contributed by atoms with E-state index < -0.39 is 30.7 Å². The zero-order valence-electron chi connectivity index (χ0n) is 15.3. The smallest absolute Gasteiger partial charge is 0.186 e. The Morgan fingerprint density at radius 1 is 0.852 bits per heavy atom. The normalized spacial score (nSPS) is 28.2. The van der Waals surface area contributed by atoms with Gasteiger partial charge in [-0.15, -0.1) is 0 Å². The molecule has 0 spiro atoms. The highest BCUT2D eigenvalue weighted by Crippen LogP contribution is 2.28. The number of ether oxygens (including phenoxy) is 4. The van der Waals surface area contributed by atoms with E-state index in [1.54, 1.807) is 0 Å². The maximum atomic E-state index is 10.6. The van der Waals surface area contributed by atoms with Crippen molar-refractivity contribution in [2.24, 2.45) is 0 Å². The van der Waals surface area contributed by atoms with E-state index in [1.165, 1.54) is 7.11 Å². The second kappa shape index (κ2) is 9.94. The SMILES string of the molecule is CO[C@@H]1O[C@H](CO)[C@@H](O)[C@H](OCc2ccccc2)[C@H]1OCc1ccccc1. The number of hydrogen-bond acceptors (Lipinski definition) is 6. The van der Waals surface area contributed by atoms with Crippen molar-refractivity contribution in [2.45, 2.75) is 43.9 Å². The minimum Gasteiger partial charge on any atom is -0.394 e. The molecule has 1 fully saturated rings. The molecule has 0 aliphatic carbocycles. The van der Waals surface area contributed by atoms with Crippen molar-refractivity contribution in [3.63, 3.8) is 0 Å². The molecule has 5 atom stereocenters. The van der Waals surface area contributed by atoms with E-state index in [2.05, 4.69) is 0 Å². The highest BCUT2D eigenvalue weighted by atomic mass is 16.7. The summed E-state index contributed by atoms with van der Waals surface area (Å²) in [6, 6.07) is 19.4. The van der Waals surface area contributed by atoms with Crippen molar-refractivity contribution < 1.29 is 29.2 Å². The topological polar surface area (TPSA) is 77.4 Å². The summed E-state index contributed by atoms with van der Waals surface area (Å²) in [5.74, 6) is 0. The summed E-state index contributed by atoms with van der Waals surface area (Å²) < 4.78 is 23.1. The third-order valence-electron chi connectivity index (χ3n) is 4.60. The molecule has 2 N–H and O–H groups in total. The van der Waals surface area contributed by atoms with Crippen LogP contribution in [-0.4, -0.2) is 54.6 Å². The molecule has 2 aromatic carbocycles. The van der Waals surface area contributed by atoms with Gasteiger partial charge in [-0.2, -0.15) is 0 Å². The van der Waals surface area contributed by atoms with E-state index in [0.29, 0.717) is 13.2 Å². The molecule has 6 heteroatoms. The third-order valence-corrected chi connectivity index (χ3v) is 4.60. The standard InChI is InChI=1S/C21H26O6/c1-24-21-20(26-14-16-10-6-3-7-11-16)19(18(23)17(12-22)27-21)25-13-15-8-4-2-5-9-15/h2-11,17-23H,12-14H2,1H3/t17-,18-,19+,20-,21-/m1/s1. The Balaban J connectivity index is 1.73. The molecule has 6 nitrogen and oxygen atoms in total. The Kier molecular flexibility index (Phi) is 7.34. The molecule has 1 saturated heterocycles. The van der Waals surface area contributed by atoms with Crippen LogP contribution in [0, 0.1) is 0 Å². The van der Waals surface area contributed by atoms with Crippen LogP contribution in [0.25, 0.3) is 0 Å². The Morgan fingerprint density at radius 2 is 1.37 bits per heavy atom. The fourth-order valence-corrected chi connectivity index (χ4v) is 3.13. The van der Waals surface area contributed by atoms with Gasteiger partial charge >= 0.3 is 0 Å². The van der Waals surface area contributed by atoms with Crippen LogP contribution < -0.4 is 0 Å². The minimum atomic E-state index is -1.04. The van der Waals surface area contributed by atoms with E-state index in [4.69, 9.17) is 18.9 Å². The molecule has 1 aliphatic rings. The quantitative estimate of drug-likeness (QED) is 0.735. The van der Waals surface area contributed by atoms with Gasteiger partial charge in [-0.3, -0.25) is 0 Å². The zero-order valence-corrected chi connectivity index (χ0v) is 15.3.